The van der Waals surface area contributed by atoms with Gasteiger partial charge in [0.2, 0.25) is 15.9 Å². The van der Waals surface area contributed by atoms with Crippen LogP contribution in [0.4, 0.5) is 4.39 Å². The molecule has 0 spiro atoms. The number of likely N-dealkylation sites (N-methyl/N-ethyl adjacent to an activating group) is 2. The number of hydrogen-bond donors (Lipinski definition) is 2. The monoisotopic (exact) mass is 415 g/mol. The van der Waals surface area contributed by atoms with Gasteiger partial charge >= 0.3 is 0 Å². The first-order valence-electron chi connectivity index (χ1n) is 9.41. The van der Waals surface area contributed by atoms with Crippen molar-refractivity contribution in [3.8, 4) is 0 Å². The number of rotatable bonds is 8. The van der Waals surface area contributed by atoms with E-state index in [9.17, 15) is 22.4 Å². The highest BCUT2D eigenvalue weighted by Crippen LogP contribution is 2.16. The quantitative estimate of drug-likeness (QED) is 0.552. The summed E-state index contributed by atoms with van der Waals surface area (Å²) < 4.78 is 40.0. The Morgan fingerprint density at radius 3 is 2.50 bits per heavy atom. The maximum absolute atomic E-state index is 13.4. The molecule has 2 amide bonds. The lowest BCUT2D eigenvalue weighted by Crippen LogP contribution is -3.15. The van der Waals surface area contributed by atoms with Gasteiger partial charge in [0.05, 0.1) is 37.6 Å². The van der Waals surface area contributed by atoms with Crippen molar-refractivity contribution < 1.29 is 27.3 Å². The molecular weight excluding hydrogens is 387 g/mol. The number of benzene rings is 1. The predicted octanol–water partition coefficient (Wildman–Crippen LogP) is -1.30. The molecule has 28 heavy (non-hydrogen) atoms. The van der Waals surface area contributed by atoms with E-state index in [4.69, 9.17) is 0 Å². The maximum atomic E-state index is 13.4. The summed E-state index contributed by atoms with van der Waals surface area (Å²) in [6.45, 7) is 6.26. The molecule has 0 bridgehead atoms. The largest absolute Gasteiger partial charge is 0.355 e. The van der Waals surface area contributed by atoms with Gasteiger partial charge in [-0.2, -0.15) is 4.31 Å². The van der Waals surface area contributed by atoms with Crippen LogP contribution in [0.2, 0.25) is 0 Å². The zero-order valence-electron chi connectivity index (χ0n) is 16.3. The molecule has 0 unspecified atom stereocenters. The van der Waals surface area contributed by atoms with E-state index in [1.54, 1.807) is 0 Å². The van der Waals surface area contributed by atoms with Crippen LogP contribution in [0, 0.1) is 5.82 Å². The van der Waals surface area contributed by atoms with Gasteiger partial charge in [0.25, 0.3) is 5.91 Å². The highest BCUT2D eigenvalue weighted by atomic mass is 32.2. The Hall–Kier alpha value is -2.04. The topological polar surface area (TPSA) is 91.2 Å². The number of quaternary nitrogens is 1. The third-order valence-electron chi connectivity index (χ3n) is 4.71. The van der Waals surface area contributed by atoms with E-state index in [2.05, 4.69) is 5.32 Å². The summed E-state index contributed by atoms with van der Waals surface area (Å²) in [5, 5.41) is 2.67. The summed E-state index contributed by atoms with van der Waals surface area (Å²) in [5.74, 6) is -0.924. The third kappa shape index (κ3) is 5.73. The number of sulfonamides is 1. The molecular formula is C18H28FN4O4S+. The highest BCUT2D eigenvalue weighted by Gasteiger charge is 2.32. The molecule has 2 N–H and O–H groups in total. The molecule has 1 aliphatic rings. The summed E-state index contributed by atoms with van der Waals surface area (Å²) in [6, 6.07) is 4.96. The Labute approximate surface area is 165 Å². The molecule has 0 aliphatic carbocycles. The fraction of sp³-hybridized carbons (Fsp3) is 0.556. The first-order valence-corrected chi connectivity index (χ1v) is 10.9. The number of carbonyl (C=O) groups excluding carboxylic acids is 2. The number of nitrogens with zero attached hydrogens (tertiary/aromatic N) is 2. The van der Waals surface area contributed by atoms with Crippen LogP contribution in [0.15, 0.2) is 29.2 Å². The molecule has 0 aromatic heterocycles. The number of amides is 2. The van der Waals surface area contributed by atoms with Crippen LogP contribution in [0.25, 0.3) is 0 Å². The summed E-state index contributed by atoms with van der Waals surface area (Å²) in [4.78, 5) is 26.6. The van der Waals surface area contributed by atoms with E-state index in [1.807, 2.05) is 13.8 Å². The van der Waals surface area contributed by atoms with Gasteiger partial charge in [0.1, 0.15) is 5.82 Å². The Balaban J connectivity index is 1.91. The second-order valence-corrected chi connectivity index (χ2v) is 8.59. The van der Waals surface area contributed by atoms with E-state index in [0.717, 1.165) is 11.0 Å². The molecule has 1 aromatic rings. The minimum absolute atomic E-state index is 0.0243. The van der Waals surface area contributed by atoms with Crippen LogP contribution in [0.3, 0.4) is 0 Å². The zero-order valence-corrected chi connectivity index (χ0v) is 17.1. The number of hydrogen-bond acceptors (Lipinski definition) is 4. The molecule has 1 aliphatic heterocycles. The van der Waals surface area contributed by atoms with Crippen LogP contribution in [-0.2, 0) is 19.6 Å². The molecule has 8 nitrogen and oxygen atoms in total. The van der Waals surface area contributed by atoms with Crippen molar-refractivity contribution in [1.82, 2.24) is 14.5 Å². The van der Waals surface area contributed by atoms with Crippen molar-refractivity contribution in [2.45, 2.75) is 18.7 Å². The molecule has 2 rings (SSSR count). The highest BCUT2D eigenvalue weighted by molar-refractivity contribution is 7.89. The van der Waals surface area contributed by atoms with Gasteiger partial charge in [-0.3, -0.25) is 9.59 Å². The van der Waals surface area contributed by atoms with Crippen molar-refractivity contribution in [2.24, 2.45) is 0 Å². The maximum Gasteiger partial charge on any atom is 0.278 e. The van der Waals surface area contributed by atoms with Crippen LogP contribution in [0.1, 0.15) is 13.8 Å². The first kappa shape index (κ1) is 22.3. The molecule has 1 aromatic carbocycles. The molecule has 1 saturated heterocycles. The van der Waals surface area contributed by atoms with Crippen LogP contribution in [-0.4, -0.2) is 81.8 Å². The van der Waals surface area contributed by atoms with E-state index in [0.29, 0.717) is 26.2 Å². The Kier molecular flexibility index (Phi) is 7.90. The lowest BCUT2D eigenvalue weighted by atomic mass is 10.3. The summed E-state index contributed by atoms with van der Waals surface area (Å²) in [7, 11) is -3.75. The molecule has 0 radical (unpaired) electrons. The molecule has 156 valence electrons. The van der Waals surface area contributed by atoms with Crippen molar-refractivity contribution in [3.63, 3.8) is 0 Å². The lowest BCUT2D eigenvalue weighted by molar-refractivity contribution is -0.896. The van der Waals surface area contributed by atoms with Gasteiger partial charge in [-0.1, -0.05) is 6.07 Å². The van der Waals surface area contributed by atoms with Gasteiger partial charge in [-0.05, 0) is 32.0 Å². The van der Waals surface area contributed by atoms with Crippen LogP contribution < -0.4 is 10.2 Å². The number of piperazine rings is 1. The second kappa shape index (κ2) is 9.94. The fourth-order valence-corrected chi connectivity index (χ4v) is 4.60. The van der Waals surface area contributed by atoms with E-state index in [1.165, 1.54) is 27.4 Å². The molecule has 10 heteroatoms. The number of nitrogens with one attached hydrogen (secondary N) is 2. The Bertz CT molecular complexity index is 795. The lowest BCUT2D eigenvalue weighted by Gasteiger charge is -2.32. The van der Waals surface area contributed by atoms with E-state index < -0.39 is 15.8 Å². The van der Waals surface area contributed by atoms with Gasteiger partial charge in [-0.25, -0.2) is 12.8 Å². The van der Waals surface area contributed by atoms with Crippen molar-refractivity contribution in [2.75, 3.05) is 52.4 Å². The third-order valence-corrected chi connectivity index (χ3v) is 6.60. The number of carbonyl (C=O) groups is 2. The molecule has 1 heterocycles. The van der Waals surface area contributed by atoms with Gasteiger partial charge in [-0.15, -0.1) is 0 Å². The van der Waals surface area contributed by atoms with Gasteiger partial charge in [0, 0.05) is 13.1 Å². The minimum Gasteiger partial charge on any atom is -0.355 e. The summed E-state index contributed by atoms with van der Waals surface area (Å²) in [6.07, 6.45) is 0. The second-order valence-electron chi connectivity index (χ2n) is 6.65. The first-order chi connectivity index (χ1) is 13.3. The summed E-state index contributed by atoms with van der Waals surface area (Å²) in [5.41, 5.74) is 0. The van der Waals surface area contributed by atoms with E-state index >= 15 is 0 Å². The smallest absolute Gasteiger partial charge is 0.278 e. The van der Waals surface area contributed by atoms with Crippen molar-refractivity contribution in [3.05, 3.63) is 30.1 Å². The summed E-state index contributed by atoms with van der Waals surface area (Å²) >= 11 is 0. The Morgan fingerprint density at radius 1 is 1.25 bits per heavy atom. The Morgan fingerprint density at radius 2 is 1.93 bits per heavy atom. The van der Waals surface area contributed by atoms with Crippen LogP contribution in [0.5, 0.6) is 0 Å². The standard InChI is InChI=1S/C18H27FN4O4S/c1-3-20-17(24)13-22(4-2)18(25)14-21-8-10-23(11-9-21)28(26,27)16-7-5-6-15(19)12-16/h5-7,12H,3-4,8-11,13-14H2,1-2H3,(H,20,24)/p+1. The minimum atomic E-state index is -3.75. The normalized spacial score (nSPS) is 16.0. The molecule has 1 fully saturated rings. The van der Waals surface area contributed by atoms with Crippen LogP contribution >= 0.6 is 0 Å². The van der Waals surface area contributed by atoms with Gasteiger partial charge < -0.3 is 15.1 Å². The predicted molar refractivity (Wildman–Crippen MR) is 102 cm³/mol. The fourth-order valence-electron chi connectivity index (χ4n) is 3.12. The number of halogens is 1. The zero-order chi connectivity index (χ0) is 20.7. The average molecular weight is 416 g/mol. The average Bonchev–Trinajstić information content (AvgIpc) is 2.66. The molecule has 0 atom stereocenters. The van der Waals surface area contributed by atoms with Crippen molar-refractivity contribution >= 4 is 21.8 Å². The van der Waals surface area contributed by atoms with E-state index in [-0.39, 0.29) is 42.9 Å². The molecule has 0 saturated carbocycles. The SMILES string of the molecule is CCNC(=O)CN(CC)C(=O)C[NH+]1CCN(S(=O)(=O)c2cccc(F)c2)CC1. The van der Waals surface area contributed by atoms with Crippen molar-refractivity contribution in [1.29, 1.82) is 0 Å². The van der Waals surface area contributed by atoms with Gasteiger partial charge in [0.15, 0.2) is 6.54 Å².